The maximum absolute atomic E-state index is 11.6. The van der Waals surface area contributed by atoms with E-state index in [0.29, 0.717) is 13.0 Å². The molecule has 1 atom stereocenters. The molecule has 0 spiro atoms. The number of hydrogen-bond donors (Lipinski definition) is 2. The Morgan fingerprint density at radius 1 is 1.53 bits per heavy atom. The van der Waals surface area contributed by atoms with Gasteiger partial charge in [0.1, 0.15) is 0 Å². The molecule has 1 saturated heterocycles. The third kappa shape index (κ3) is 4.92. The predicted molar refractivity (Wildman–Crippen MR) is 61.1 cm³/mol. The van der Waals surface area contributed by atoms with E-state index in [2.05, 4.69) is 9.62 Å². The lowest BCUT2D eigenvalue weighted by atomic mass is 10.1. The molecular weight excluding hydrogens is 214 g/mol. The maximum atomic E-state index is 11.6. The summed E-state index contributed by atoms with van der Waals surface area (Å²) >= 11 is 0. The van der Waals surface area contributed by atoms with E-state index in [1.165, 1.54) is 0 Å². The molecule has 0 radical (unpaired) electrons. The largest absolute Gasteiger partial charge is 0.330 e. The third-order valence-electron chi connectivity index (χ3n) is 2.59. The quantitative estimate of drug-likeness (QED) is 0.664. The first kappa shape index (κ1) is 12.9. The van der Waals surface area contributed by atoms with Crippen molar-refractivity contribution < 1.29 is 8.42 Å². The second-order valence-corrected chi connectivity index (χ2v) is 6.05. The average molecular weight is 235 g/mol. The van der Waals surface area contributed by atoms with E-state index in [1.807, 2.05) is 7.05 Å². The molecule has 6 heteroatoms. The molecule has 0 aromatic heterocycles. The Balaban J connectivity index is 2.39. The van der Waals surface area contributed by atoms with Gasteiger partial charge in [-0.3, -0.25) is 0 Å². The highest BCUT2D eigenvalue weighted by molar-refractivity contribution is 7.89. The highest BCUT2D eigenvalue weighted by Gasteiger charge is 2.21. The van der Waals surface area contributed by atoms with Crippen LogP contribution in [-0.2, 0) is 10.0 Å². The van der Waals surface area contributed by atoms with Gasteiger partial charge >= 0.3 is 0 Å². The summed E-state index contributed by atoms with van der Waals surface area (Å²) in [5.74, 6) is 0.143. The third-order valence-corrected chi connectivity index (χ3v) is 4.11. The van der Waals surface area contributed by atoms with Gasteiger partial charge in [-0.05, 0) is 39.4 Å². The van der Waals surface area contributed by atoms with Crippen molar-refractivity contribution in [1.29, 1.82) is 0 Å². The van der Waals surface area contributed by atoms with Gasteiger partial charge in [-0.2, -0.15) is 0 Å². The number of likely N-dealkylation sites (tertiary alicyclic amines) is 1. The number of piperidine rings is 1. The van der Waals surface area contributed by atoms with Crippen LogP contribution in [0, 0.1) is 0 Å². The Morgan fingerprint density at radius 2 is 2.27 bits per heavy atom. The second kappa shape index (κ2) is 5.79. The molecule has 90 valence electrons. The molecular formula is C9H21N3O2S. The summed E-state index contributed by atoms with van der Waals surface area (Å²) in [4.78, 5) is 2.15. The molecule has 3 N–H and O–H groups in total. The Hall–Kier alpha value is -0.170. The van der Waals surface area contributed by atoms with Crippen molar-refractivity contribution in [3.63, 3.8) is 0 Å². The van der Waals surface area contributed by atoms with Crippen LogP contribution in [0.1, 0.15) is 19.3 Å². The normalized spacial score (nSPS) is 24.3. The number of sulfonamides is 1. The zero-order chi connectivity index (χ0) is 11.3. The van der Waals surface area contributed by atoms with Crippen LogP contribution in [0.15, 0.2) is 0 Å². The van der Waals surface area contributed by atoms with Crippen molar-refractivity contribution in [2.24, 2.45) is 5.73 Å². The van der Waals surface area contributed by atoms with Crippen LogP contribution in [0.4, 0.5) is 0 Å². The standard InChI is InChI=1S/C9H21N3O2S/c1-12-6-2-4-9(8-12)11-15(13,14)7-3-5-10/h9,11H,2-8,10H2,1H3. The summed E-state index contributed by atoms with van der Waals surface area (Å²) in [5.41, 5.74) is 5.29. The van der Waals surface area contributed by atoms with Crippen LogP contribution in [0.3, 0.4) is 0 Å². The maximum Gasteiger partial charge on any atom is 0.211 e. The van der Waals surface area contributed by atoms with Crippen LogP contribution in [0.5, 0.6) is 0 Å². The molecule has 1 heterocycles. The number of hydrogen-bond acceptors (Lipinski definition) is 4. The Labute approximate surface area is 92.1 Å². The minimum absolute atomic E-state index is 0.0755. The van der Waals surface area contributed by atoms with Gasteiger partial charge in [0.05, 0.1) is 5.75 Å². The molecule has 1 unspecified atom stereocenters. The first-order valence-electron chi connectivity index (χ1n) is 5.42. The van der Waals surface area contributed by atoms with Crippen molar-refractivity contribution >= 4 is 10.0 Å². The van der Waals surface area contributed by atoms with Gasteiger partial charge in [0.15, 0.2) is 0 Å². The van der Waals surface area contributed by atoms with Gasteiger partial charge in [-0.25, -0.2) is 13.1 Å². The van der Waals surface area contributed by atoms with E-state index in [4.69, 9.17) is 5.73 Å². The molecule has 15 heavy (non-hydrogen) atoms. The van der Waals surface area contributed by atoms with E-state index >= 15 is 0 Å². The van der Waals surface area contributed by atoms with Crippen molar-refractivity contribution in [3.8, 4) is 0 Å². The van der Waals surface area contributed by atoms with E-state index in [-0.39, 0.29) is 11.8 Å². The molecule has 1 aliphatic rings. The smallest absolute Gasteiger partial charge is 0.211 e. The molecule has 0 amide bonds. The highest BCUT2D eigenvalue weighted by atomic mass is 32.2. The fourth-order valence-corrected chi connectivity index (χ4v) is 3.21. The van der Waals surface area contributed by atoms with Crippen molar-refractivity contribution in [2.45, 2.75) is 25.3 Å². The van der Waals surface area contributed by atoms with Crippen LogP contribution < -0.4 is 10.5 Å². The monoisotopic (exact) mass is 235 g/mol. The lowest BCUT2D eigenvalue weighted by Crippen LogP contribution is -2.46. The summed E-state index contributed by atoms with van der Waals surface area (Å²) in [5, 5.41) is 0. The SMILES string of the molecule is CN1CCCC(NS(=O)(=O)CCCN)C1. The Bertz CT molecular complexity index is 279. The summed E-state index contributed by atoms with van der Waals surface area (Å²) in [7, 11) is -1.11. The molecule has 1 rings (SSSR count). The fraction of sp³-hybridized carbons (Fsp3) is 1.00. The molecule has 1 fully saturated rings. The average Bonchev–Trinajstić information content (AvgIpc) is 2.14. The molecule has 0 saturated carbocycles. The highest BCUT2D eigenvalue weighted by Crippen LogP contribution is 2.09. The van der Waals surface area contributed by atoms with Crippen molar-refractivity contribution in [3.05, 3.63) is 0 Å². The Kier molecular flexibility index (Phi) is 4.98. The molecule has 0 bridgehead atoms. The van der Waals surface area contributed by atoms with Crippen molar-refractivity contribution in [1.82, 2.24) is 9.62 Å². The summed E-state index contributed by atoms with van der Waals surface area (Å²) in [6, 6.07) is 0.0755. The molecule has 0 aromatic carbocycles. The molecule has 5 nitrogen and oxygen atoms in total. The number of likely N-dealkylation sites (N-methyl/N-ethyl adjacent to an activating group) is 1. The second-order valence-electron chi connectivity index (χ2n) is 4.18. The topological polar surface area (TPSA) is 75.4 Å². The van der Waals surface area contributed by atoms with Crippen molar-refractivity contribution in [2.75, 3.05) is 32.4 Å². The Morgan fingerprint density at radius 3 is 2.87 bits per heavy atom. The minimum atomic E-state index is -3.12. The summed E-state index contributed by atoms with van der Waals surface area (Å²) in [6.07, 6.45) is 2.52. The van der Waals surface area contributed by atoms with Gasteiger partial charge in [0.25, 0.3) is 0 Å². The minimum Gasteiger partial charge on any atom is -0.330 e. The van der Waals surface area contributed by atoms with Gasteiger partial charge in [0.2, 0.25) is 10.0 Å². The summed E-state index contributed by atoms with van der Waals surface area (Å²) < 4.78 is 25.9. The first-order chi connectivity index (χ1) is 7.03. The number of rotatable bonds is 5. The lowest BCUT2D eigenvalue weighted by Gasteiger charge is -2.29. The molecule has 1 aliphatic heterocycles. The lowest BCUT2D eigenvalue weighted by molar-refractivity contribution is 0.242. The summed E-state index contributed by atoms with van der Waals surface area (Å²) in [6.45, 7) is 2.29. The molecule has 0 aromatic rings. The number of nitrogens with one attached hydrogen (secondary N) is 1. The first-order valence-corrected chi connectivity index (χ1v) is 7.07. The van der Waals surface area contributed by atoms with E-state index in [0.717, 1.165) is 25.9 Å². The molecule has 0 aliphatic carbocycles. The van der Waals surface area contributed by atoms with Crippen LogP contribution in [0.2, 0.25) is 0 Å². The van der Waals surface area contributed by atoms with E-state index in [9.17, 15) is 8.42 Å². The van der Waals surface area contributed by atoms with Gasteiger partial charge in [0, 0.05) is 12.6 Å². The van der Waals surface area contributed by atoms with E-state index in [1.54, 1.807) is 0 Å². The van der Waals surface area contributed by atoms with E-state index < -0.39 is 10.0 Å². The predicted octanol–water partition coefficient (Wildman–Crippen LogP) is -0.651. The zero-order valence-corrected chi connectivity index (χ0v) is 10.1. The van der Waals surface area contributed by atoms with Gasteiger partial charge in [-0.15, -0.1) is 0 Å². The van der Waals surface area contributed by atoms with Crippen LogP contribution in [0.25, 0.3) is 0 Å². The fourth-order valence-electron chi connectivity index (χ4n) is 1.85. The number of nitrogens with zero attached hydrogens (tertiary/aromatic N) is 1. The van der Waals surface area contributed by atoms with Gasteiger partial charge < -0.3 is 10.6 Å². The van der Waals surface area contributed by atoms with Crippen LogP contribution in [-0.4, -0.2) is 51.8 Å². The zero-order valence-electron chi connectivity index (χ0n) is 9.28. The van der Waals surface area contributed by atoms with Crippen LogP contribution >= 0.6 is 0 Å². The van der Waals surface area contributed by atoms with Gasteiger partial charge in [-0.1, -0.05) is 0 Å². The number of nitrogens with two attached hydrogens (primary N) is 1.